The Kier molecular flexibility index (Phi) is 4.03. The fraction of sp³-hybridized carbons (Fsp3) is 0.583. The Morgan fingerprint density at radius 1 is 1.63 bits per heavy atom. The SMILES string of the molecule is CCN(C(=O)N[C@H](Cc1cnc[nH]1)C(=O)O)C1CC1. The molecule has 1 fully saturated rings. The number of nitrogens with one attached hydrogen (secondary N) is 2. The van der Waals surface area contributed by atoms with Crippen LogP contribution in [0, 0.1) is 0 Å². The third-order valence-corrected chi connectivity index (χ3v) is 3.16. The van der Waals surface area contributed by atoms with Gasteiger partial charge in [0, 0.05) is 30.9 Å². The normalized spacial score (nSPS) is 15.8. The first-order chi connectivity index (χ1) is 9.11. The van der Waals surface area contributed by atoms with Gasteiger partial charge in [-0.3, -0.25) is 0 Å². The monoisotopic (exact) mass is 266 g/mol. The zero-order valence-corrected chi connectivity index (χ0v) is 10.8. The number of hydrogen-bond donors (Lipinski definition) is 3. The van der Waals surface area contributed by atoms with Crippen molar-refractivity contribution in [2.24, 2.45) is 0 Å². The Bertz CT molecular complexity index is 442. The van der Waals surface area contributed by atoms with Gasteiger partial charge >= 0.3 is 12.0 Å². The lowest BCUT2D eigenvalue weighted by Crippen LogP contribution is -2.49. The molecule has 0 saturated heterocycles. The summed E-state index contributed by atoms with van der Waals surface area (Å²) < 4.78 is 0. The topological polar surface area (TPSA) is 98.3 Å². The van der Waals surface area contributed by atoms with E-state index in [4.69, 9.17) is 5.11 Å². The molecule has 0 aliphatic heterocycles. The maximum atomic E-state index is 12.0. The van der Waals surface area contributed by atoms with E-state index >= 15 is 0 Å². The number of hydrogen-bond acceptors (Lipinski definition) is 3. The van der Waals surface area contributed by atoms with E-state index in [2.05, 4.69) is 15.3 Å². The molecule has 0 bridgehead atoms. The Labute approximate surface area is 111 Å². The largest absolute Gasteiger partial charge is 0.480 e. The van der Waals surface area contributed by atoms with Gasteiger partial charge in [-0.25, -0.2) is 14.6 Å². The van der Waals surface area contributed by atoms with E-state index in [1.807, 2.05) is 6.92 Å². The number of carbonyl (C=O) groups excluding carboxylic acids is 1. The summed E-state index contributed by atoms with van der Waals surface area (Å²) in [5.74, 6) is -1.05. The summed E-state index contributed by atoms with van der Waals surface area (Å²) in [6.45, 7) is 2.48. The van der Waals surface area contributed by atoms with E-state index < -0.39 is 12.0 Å². The molecule has 7 nitrogen and oxygen atoms in total. The first-order valence-corrected chi connectivity index (χ1v) is 6.39. The van der Waals surface area contributed by atoms with Gasteiger partial charge in [0.15, 0.2) is 0 Å². The van der Waals surface area contributed by atoms with Gasteiger partial charge < -0.3 is 20.3 Å². The molecule has 1 aromatic heterocycles. The third-order valence-electron chi connectivity index (χ3n) is 3.16. The van der Waals surface area contributed by atoms with Crippen LogP contribution in [0.25, 0.3) is 0 Å². The Balaban J connectivity index is 1.95. The predicted molar refractivity (Wildman–Crippen MR) is 67.6 cm³/mol. The summed E-state index contributed by atoms with van der Waals surface area (Å²) in [6.07, 6.45) is 5.24. The zero-order chi connectivity index (χ0) is 13.8. The lowest BCUT2D eigenvalue weighted by molar-refractivity contribution is -0.139. The molecule has 0 aromatic carbocycles. The molecule has 1 saturated carbocycles. The van der Waals surface area contributed by atoms with E-state index in [0.717, 1.165) is 12.8 Å². The number of aromatic nitrogens is 2. The van der Waals surface area contributed by atoms with Crippen molar-refractivity contribution in [3.8, 4) is 0 Å². The molecule has 19 heavy (non-hydrogen) atoms. The van der Waals surface area contributed by atoms with Gasteiger partial charge in [0.25, 0.3) is 0 Å². The van der Waals surface area contributed by atoms with Crippen molar-refractivity contribution in [2.75, 3.05) is 6.54 Å². The summed E-state index contributed by atoms with van der Waals surface area (Å²) in [4.78, 5) is 31.6. The van der Waals surface area contributed by atoms with E-state index in [9.17, 15) is 9.59 Å². The van der Waals surface area contributed by atoms with Gasteiger partial charge in [-0.1, -0.05) is 0 Å². The fourth-order valence-corrected chi connectivity index (χ4v) is 2.00. The van der Waals surface area contributed by atoms with E-state index in [1.165, 1.54) is 6.33 Å². The predicted octanol–water partition coefficient (Wildman–Crippen LogP) is 0.599. The smallest absolute Gasteiger partial charge is 0.326 e. The van der Waals surface area contributed by atoms with Crippen LogP contribution in [0.3, 0.4) is 0 Å². The second-order valence-corrected chi connectivity index (χ2v) is 4.64. The summed E-state index contributed by atoms with van der Waals surface area (Å²) in [7, 11) is 0. The van der Waals surface area contributed by atoms with Crippen molar-refractivity contribution in [3.63, 3.8) is 0 Å². The first-order valence-electron chi connectivity index (χ1n) is 6.39. The summed E-state index contributed by atoms with van der Waals surface area (Å²) in [5.41, 5.74) is 0.683. The number of carboxylic acid groups (broad SMARTS) is 1. The molecule has 0 radical (unpaired) electrons. The highest BCUT2D eigenvalue weighted by atomic mass is 16.4. The summed E-state index contributed by atoms with van der Waals surface area (Å²) >= 11 is 0. The minimum atomic E-state index is -1.05. The maximum Gasteiger partial charge on any atom is 0.326 e. The molecule has 1 aliphatic carbocycles. The molecule has 1 heterocycles. The van der Waals surface area contributed by atoms with Crippen molar-refractivity contribution >= 4 is 12.0 Å². The molecular weight excluding hydrogens is 248 g/mol. The Morgan fingerprint density at radius 3 is 2.84 bits per heavy atom. The fourth-order valence-electron chi connectivity index (χ4n) is 2.00. The van der Waals surface area contributed by atoms with Crippen LogP contribution in [0.15, 0.2) is 12.5 Å². The lowest BCUT2D eigenvalue weighted by atomic mass is 10.1. The number of H-pyrrole nitrogens is 1. The minimum absolute atomic E-state index is 0.198. The molecule has 0 spiro atoms. The summed E-state index contributed by atoms with van der Waals surface area (Å²) in [5, 5.41) is 11.7. The number of amides is 2. The zero-order valence-electron chi connectivity index (χ0n) is 10.8. The average Bonchev–Trinajstić information content (AvgIpc) is 3.05. The second-order valence-electron chi connectivity index (χ2n) is 4.64. The van der Waals surface area contributed by atoms with Crippen LogP contribution in [0.2, 0.25) is 0 Å². The van der Waals surface area contributed by atoms with Gasteiger partial charge in [0.1, 0.15) is 6.04 Å². The number of aliphatic carboxylic acids is 1. The van der Waals surface area contributed by atoms with Gasteiger partial charge in [0.2, 0.25) is 0 Å². The van der Waals surface area contributed by atoms with Crippen molar-refractivity contribution in [2.45, 2.75) is 38.3 Å². The van der Waals surface area contributed by atoms with Crippen molar-refractivity contribution in [3.05, 3.63) is 18.2 Å². The second kappa shape index (κ2) is 5.73. The van der Waals surface area contributed by atoms with Crippen LogP contribution >= 0.6 is 0 Å². The molecule has 104 valence electrons. The van der Waals surface area contributed by atoms with Crippen LogP contribution in [0.5, 0.6) is 0 Å². The molecule has 2 rings (SSSR count). The maximum absolute atomic E-state index is 12.0. The van der Waals surface area contributed by atoms with Crippen LogP contribution in [0.4, 0.5) is 4.79 Å². The van der Waals surface area contributed by atoms with Crippen molar-refractivity contribution < 1.29 is 14.7 Å². The number of rotatable bonds is 6. The van der Waals surface area contributed by atoms with E-state index in [1.54, 1.807) is 11.1 Å². The Hall–Kier alpha value is -2.05. The van der Waals surface area contributed by atoms with Crippen LogP contribution in [0.1, 0.15) is 25.5 Å². The standard InChI is InChI=1S/C12H18N4O3/c1-2-16(9-3-4-9)12(19)15-10(11(17)18)5-8-6-13-7-14-8/h6-7,9-10H,2-5H2,1H3,(H,13,14)(H,15,19)(H,17,18)/t10-/m1/s1. The number of aromatic amines is 1. The van der Waals surface area contributed by atoms with Crippen LogP contribution in [-0.4, -0.2) is 50.6 Å². The van der Waals surface area contributed by atoms with E-state index in [-0.39, 0.29) is 18.5 Å². The van der Waals surface area contributed by atoms with Crippen LogP contribution in [-0.2, 0) is 11.2 Å². The van der Waals surface area contributed by atoms with Gasteiger partial charge in [-0.2, -0.15) is 0 Å². The van der Waals surface area contributed by atoms with E-state index in [0.29, 0.717) is 12.2 Å². The molecule has 0 unspecified atom stereocenters. The van der Waals surface area contributed by atoms with Gasteiger partial charge in [-0.05, 0) is 19.8 Å². The number of carboxylic acids is 1. The number of carbonyl (C=O) groups is 2. The quantitative estimate of drug-likeness (QED) is 0.702. The molecule has 7 heteroatoms. The highest BCUT2D eigenvalue weighted by Crippen LogP contribution is 2.26. The molecule has 1 aromatic rings. The highest BCUT2D eigenvalue weighted by Gasteiger charge is 2.33. The third kappa shape index (κ3) is 3.46. The van der Waals surface area contributed by atoms with Crippen molar-refractivity contribution in [1.29, 1.82) is 0 Å². The number of urea groups is 1. The van der Waals surface area contributed by atoms with Gasteiger partial charge in [-0.15, -0.1) is 0 Å². The molecule has 1 aliphatic rings. The first kappa shape index (κ1) is 13.4. The molecular formula is C12H18N4O3. The van der Waals surface area contributed by atoms with Crippen molar-refractivity contribution in [1.82, 2.24) is 20.2 Å². The highest BCUT2D eigenvalue weighted by molar-refractivity contribution is 5.83. The molecule has 1 atom stereocenters. The Morgan fingerprint density at radius 2 is 2.37 bits per heavy atom. The molecule has 3 N–H and O–H groups in total. The minimum Gasteiger partial charge on any atom is -0.480 e. The number of nitrogens with zero attached hydrogens (tertiary/aromatic N) is 2. The van der Waals surface area contributed by atoms with Crippen LogP contribution < -0.4 is 5.32 Å². The molecule has 2 amide bonds. The average molecular weight is 266 g/mol. The summed E-state index contributed by atoms with van der Waals surface area (Å²) in [6, 6.07) is -0.982. The van der Waals surface area contributed by atoms with Gasteiger partial charge in [0.05, 0.1) is 6.33 Å². The number of imidazole rings is 1. The lowest BCUT2D eigenvalue weighted by Gasteiger charge is -2.23.